The van der Waals surface area contributed by atoms with Gasteiger partial charge in [-0.1, -0.05) is 13.8 Å². The second-order valence-corrected chi connectivity index (χ2v) is 7.95. The lowest BCUT2D eigenvalue weighted by atomic mass is 9.94. The van der Waals surface area contributed by atoms with Crippen LogP contribution in [0.2, 0.25) is 0 Å². The van der Waals surface area contributed by atoms with Gasteiger partial charge in [0.1, 0.15) is 12.1 Å². The Labute approximate surface area is 151 Å². The van der Waals surface area contributed by atoms with E-state index in [1.54, 1.807) is 17.7 Å². The summed E-state index contributed by atoms with van der Waals surface area (Å²) in [6.45, 7) is 6.48. The van der Waals surface area contributed by atoms with Crippen molar-refractivity contribution in [3.63, 3.8) is 0 Å². The number of rotatable bonds is 4. The van der Waals surface area contributed by atoms with E-state index in [0.29, 0.717) is 12.5 Å². The van der Waals surface area contributed by atoms with Gasteiger partial charge in [-0.15, -0.1) is 11.3 Å². The smallest absolute Gasteiger partial charge is 0.228 e. The van der Waals surface area contributed by atoms with Gasteiger partial charge in [-0.2, -0.15) is 0 Å². The number of thiazole rings is 1. The van der Waals surface area contributed by atoms with Crippen LogP contribution in [0.15, 0.2) is 23.3 Å². The molecule has 2 atom stereocenters. The van der Waals surface area contributed by atoms with Crippen molar-refractivity contribution in [1.82, 2.24) is 19.9 Å². The van der Waals surface area contributed by atoms with Crippen LogP contribution in [0.1, 0.15) is 44.0 Å². The van der Waals surface area contributed by atoms with Gasteiger partial charge in [0.2, 0.25) is 5.91 Å². The number of anilines is 1. The minimum atomic E-state index is 0.0508. The predicted molar refractivity (Wildman–Crippen MR) is 97.5 cm³/mol. The predicted octanol–water partition coefficient (Wildman–Crippen LogP) is 2.68. The summed E-state index contributed by atoms with van der Waals surface area (Å²) in [6, 6.07) is 2.30. The largest absolute Gasteiger partial charge is 0.354 e. The highest BCUT2D eigenvalue weighted by molar-refractivity contribution is 7.07. The average Bonchev–Trinajstić information content (AvgIpc) is 2.98. The fourth-order valence-electron chi connectivity index (χ4n) is 3.78. The highest BCUT2D eigenvalue weighted by Crippen LogP contribution is 2.32. The minimum Gasteiger partial charge on any atom is -0.354 e. The zero-order chi connectivity index (χ0) is 17.4. The topological polar surface area (TPSA) is 62.2 Å². The number of piperidine rings is 1. The molecule has 132 valence electrons. The zero-order valence-corrected chi connectivity index (χ0v) is 15.4. The third-order valence-electron chi connectivity index (χ3n) is 5.20. The molecule has 7 heteroatoms. The molecule has 2 unspecified atom stereocenters. The molecule has 6 nitrogen and oxygen atoms in total. The van der Waals surface area contributed by atoms with Crippen LogP contribution in [-0.2, 0) is 11.3 Å². The Balaban J connectivity index is 1.58. The van der Waals surface area contributed by atoms with Crippen LogP contribution in [0.25, 0.3) is 0 Å². The van der Waals surface area contributed by atoms with Gasteiger partial charge in [0.05, 0.1) is 23.7 Å². The fourth-order valence-corrected chi connectivity index (χ4v) is 4.33. The Kier molecular flexibility index (Phi) is 4.41. The molecule has 2 aromatic heterocycles. The normalized spacial score (nSPS) is 23.4. The second-order valence-electron chi connectivity index (χ2n) is 7.23. The molecule has 0 aliphatic carbocycles. The molecule has 2 aromatic rings. The van der Waals surface area contributed by atoms with Gasteiger partial charge in [-0.3, -0.25) is 4.79 Å². The number of hydrogen-bond acceptors (Lipinski definition) is 6. The lowest BCUT2D eigenvalue weighted by Gasteiger charge is -2.35. The first-order valence-corrected chi connectivity index (χ1v) is 9.80. The van der Waals surface area contributed by atoms with Crippen LogP contribution in [0.4, 0.5) is 5.82 Å². The Bertz CT molecular complexity index is 748. The highest BCUT2D eigenvalue weighted by atomic mass is 32.1. The molecule has 5 rings (SSSR count). The maximum atomic E-state index is 12.9. The summed E-state index contributed by atoms with van der Waals surface area (Å²) in [6.07, 6.45) is 3.67. The van der Waals surface area contributed by atoms with E-state index in [9.17, 15) is 4.79 Å². The first-order chi connectivity index (χ1) is 12.1. The summed E-state index contributed by atoms with van der Waals surface area (Å²) < 4.78 is 0. The summed E-state index contributed by atoms with van der Waals surface area (Å²) in [5.74, 6) is 1.63. The van der Waals surface area contributed by atoms with E-state index in [4.69, 9.17) is 0 Å². The van der Waals surface area contributed by atoms with E-state index in [1.807, 2.05) is 15.8 Å². The third kappa shape index (κ3) is 3.25. The summed E-state index contributed by atoms with van der Waals surface area (Å²) >= 11 is 1.58. The Morgan fingerprint density at radius 3 is 2.88 bits per heavy atom. The minimum absolute atomic E-state index is 0.0508. The maximum Gasteiger partial charge on any atom is 0.228 e. The van der Waals surface area contributed by atoms with E-state index in [0.717, 1.165) is 43.1 Å². The van der Waals surface area contributed by atoms with Gasteiger partial charge in [-0.25, -0.2) is 15.0 Å². The maximum absolute atomic E-state index is 12.9. The van der Waals surface area contributed by atoms with E-state index in [1.165, 1.54) is 0 Å². The molecule has 3 fully saturated rings. The molecule has 0 spiro atoms. The number of aromatic nitrogens is 3. The molecule has 1 amide bonds. The molecule has 3 aliphatic heterocycles. The Morgan fingerprint density at radius 2 is 2.12 bits per heavy atom. The molecule has 0 N–H and O–H groups in total. The highest BCUT2D eigenvalue weighted by Gasteiger charge is 2.41. The SMILES string of the molecule is CC(C)c1cc(N2CC3CCC(C2)N(Cc2cscn2)C3=O)ncn1. The third-order valence-corrected chi connectivity index (χ3v) is 5.83. The lowest BCUT2D eigenvalue weighted by molar-refractivity contribution is -0.140. The van der Waals surface area contributed by atoms with Crippen LogP contribution in [0.3, 0.4) is 0 Å². The molecule has 0 saturated carbocycles. The first-order valence-electron chi connectivity index (χ1n) is 8.86. The molecule has 3 aliphatic rings. The van der Waals surface area contributed by atoms with Crippen molar-refractivity contribution in [2.45, 2.75) is 45.2 Å². The first kappa shape index (κ1) is 16.4. The van der Waals surface area contributed by atoms with Gasteiger partial charge >= 0.3 is 0 Å². The van der Waals surface area contributed by atoms with Gasteiger partial charge in [0, 0.05) is 36.3 Å². The van der Waals surface area contributed by atoms with E-state index < -0.39 is 0 Å². The van der Waals surface area contributed by atoms with Crippen molar-refractivity contribution in [3.05, 3.63) is 34.7 Å². The molecule has 25 heavy (non-hydrogen) atoms. The number of fused-ring (bicyclic) bond motifs is 4. The fraction of sp³-hybridized carbons (Fsp3) is 0.556. The van der Waals surface area contributed by atoms with Crippen molar-refractivity contribution in [3.8, 4) is 0 Å². The van der Waals surface area contributed by atoms with Crippen molar-refractivity contribution < 1.29 is 4.79 Å². The molecule has 2 bridgehead atoms. The quantitative estimate of drug-likeness (QED) is 0.842. The van der Waals surface area contributed by atoms with Crippen LogP contribution < -0.4 is 4.90 Å². The van der Waals surface area contributed by atoms with Crippen molar-refractivity contribution >= 4 is 23.1 Å². The zero-order valence-electron chi connectivity index (χ0n) is 14.6. The lowest BCUT2D eigenvalue weighted by Crippen LogP contribution is -2.47. The molecular formula is C18H23N5OS. The van der Waals surface area contributed by atoms with Gasteiger partial charge in [0.15, 0.2) is 0 Å². The monoisotopic (exact) mass is 357 g/mol. The summed E-state index contributed by atoms with van der Waals surface area (Å²) in [5.41, 5.74) is 3.87. The molecular weight excluding hydrogens is 334 g/mol. The molecule has 5 heterocycles. The van der Waals surface area contributed by atoms with E-state index >= 15 is 0 Å². The van der Waals surface area contributed by atoms with Gasteiger partial charge in [0.25, 0.3) is 0 Å². The number of nitrogens with zero attached hydrogens (tertiary/aromatic N) is 5. The summed E-state index contributed by atoms with van der Waals surface area (Å²) in [5, 5.41) is 2.03. The number of carbonyl (C=O) groups excluding carboxylic acids is 1. The van der Waals surface area contributed by atoms with E-state index in [-0.39, 0.29) is 17.9 Å². The molecule has 0 radical (unpaired) electrons. The van der Waals surface area contributed by atoms with Crippen molar-refractivity contribution in [2.24, 2.45) is 5.92 Å². The van der Waals surface area contributed by atoms with Crippen LogP contribution in [-0.4, -0.2) is 44.9 Å². The molecule has 3 saturated heterocycles. The van der Waals surface area contributed by atoms with Crippen LogP contribution in [0.5, 0.6) is 0 Å². The number of amides is 1. The Hall–Kier alpha value is -2.02. The standard InChI is InChI=1S/C18H23N5OS/c1-12(2)16-5-17(20-10-19-16)22-6-13-3-4-15(8-22)23(18(13)24)7-14-9-25-11-21-14/h5,9-13,15H,3-4,6-8H2,1-2H3. The van der Waals surface area contributed by atoms with Crippen molar-refractivity contribution in [2.75, 3.05) is 18.0 Å². The van der Waals surface area contributed by atoms with Gasteiger partial charge < -0.3 is 9.80 Å². The van der Waals surface area contributed by atoms with Crippen molar-refractivity contribution in [1.29, 1.82) is 0 Å². The summed E-state index contributed by atoms with van der Waals surface area (Å²) in [7, 11) is 0. The second kappa shape index (κ2) is 6.71. The van der Waals surface area contributed by atoms with Gasteiger partial charge in [-0.05, 0) is 18.8 Å². The summed E-state index contributed by atoms with van der Waals surface area (Å²) in [4.78, 5) is 30.4. The van der Waals surface area contributed by atoms with E-state index in [2.05, 4.69) is 39.8 Å². The molecule has 0 aromatic carbocycles. The van der Waals surface area contributed by atoms with Crippen LogP contribution >= 0.6 is 11.3 Å². The van der Waals surface area contributed by atoms with Crippen LogP contribution in [0, 0.1) is 5.92 Å². The average molecular weight is 357 g/mol. The number of hydrogen-bond donors (Lipinski definition) is 0. The number of carbonyl (C=O) groups is 1. The Morgan fingerprint density at radius 1 is 1.24 bits per heavy atom.